The first-order valence-electron chi connectivity index (χ1n) is 6.45. The molecule has 0 fully saturated rings. The number of ether oxygens (including phenoxy) is 1. The van der Waals surface area contributed by atoms with E-state index in [-0.39, 0.29) is 14.1 Å². The molecule has 100 valence electrons. The molecule has 0 aromatic heterocycles. The Morgan fingerprint density at radius 1 is 0.895 bits per heavy atom. The van der Waals surface area contributed by atoms with Crippen LogP contribution in [0.2, 0.25) is 0 Å². The fourth-order valence-corrected chi connectivity index (χ4v) is 2.34. The minimum absolute atomic E-state index is 0.257. The van der Waals surface area contributed by atoms with Gasteiger partial charge in [0.2, 0.25) is 0 Å². The van der Waals surface area contributed by atoms with Crippen molar-refractivity contribution >= 4 is 8.81 Å². The zero-order chi connectivity index (χ0) is 13.6. The third kappa shape index (κ3) is 4.25. The number of para-hydroxylation sites is 2. The van der Waals surface area contributed by atoms with Gasteiger partial charge in [0.05, 0.1) is 0 Å². The van der Waals surface area contributed by atoms with Crippen LogP contribution in [-0.2, 0) is 0 Å². The summed E-state index contributed by atoms with van der Waals surface area (Å²) in [4.78, 5) is 0. The Morgan fingerprint density at radius 3 is 1.95 bits per heavy atom. The van der Waals surface area contributed by atoms with Crippen LogP contribution in [-0.4, -0.2) is 5.34 Å². The number of hydrogen-bond acceptors (Lipinski definition) is 2. The van der Waals surface area contributed by atoms with E-state index in [2.05, 4.69) is 13.8 Å². The molecule has 2 aromatic carbocycles. The van der Waals surface area contributed by atoms with Crippen molar-refractivity contribution in [2.24, 2.45) is 0 Å². The quantitative estimate of drug-likeness (QED) is 0.700. The fourth-order valence-electron chi connectivity index (χ4n) is 1.57. The number of hydrogen-bond donors (Lipinski definition) is 0. The summed E-state index contributed by atoms with van der Waals surface area (Å²) < 4.78 is 11.9. The highest BCUT2D eigenvalue weighted by atomic mass is 31.1. The average molecular weight is 274 g/mol. The molecule has 3 heteroatoms. The summed E-state index contributed by atoms with van der Waals surface area (Å²) in [6.07, 6.45) is 0.896. The van der Waals surface area contributed by atoms with Crippen LogP contribution in [0.1, 0.15) is 20.3 Å². The molecule has 0 saturated heterocycles. The first-order valence-corrected chi connectivity index (χ1v) is 7.36. The molecule has 0 N–H and O–H groups in total. The van der Waals surface area contributed by atoms with Crippen molar-refractivity contribution in [3.05, 3.63) is 60.7 Å². The van der Waals surface area contributed by atoms with Gasteiger partial charge in [0, 0.05) is 0 Å². The van der Waals surface area contributed by atoms with E-state index in [0.29, 0.717) is 0 Å². The van der Waals surface area contributed by atoms with Crippen molar-refractivity contribution in [3.8, 4) is 11.5 Å². The molecule has 0 spiro atoms. The summed E-state index contributed by atoms with van der Waals surface area (Å²) in [6, 6.07) is 19.7. The van der Waals surface area contributed by atoms with E-state index in [4.69, 9.17) is 9.26 Å². The third-order valence-corrected chi connectivity index (χ3v) is 4.11. The highest BCUT2D eigenvalue weighted by Crippen LogP contribution is 2.38. The maximum Gasteiger partial charge on any atom is 0.157 e. The molecule has 0 saturated carbocycles. The number of benzene rings is 2. The summed E-state index contributed by atoms with van der Waals surface area (Å²) in [5.41, 5.74) is 0. The molecule has 2 aromatic rings. The van der Waals surface area contributed by atoms with Crippen molar-refractivity contribution < 1.29 is 9.26 Å². The Balaban J connectivity index is 1.98. The molecule has 0 bridgehead atoms. The lowest BCUT2D eigenvalue weighted by Gasteiger charge is -2.28. The van der Waals surface area contributed by atoms with E-state index in [1.165, 1.54) is 0 Å². The molecule has 19 heavy (non-hydrogen) atoms. The van der Waals surface area contributed by atoms with Crippen LogP contribution < -0.4 is 9.26 Å². The van der Waals surface area contributed by atoms with E-state index in [9.17, 15) is 0 Å². The van der Waals surface area contributed by atoms with Crippen LogP contribution in [0.3, 0.4) is 0 Å². The lowest BCUT2D eigenvalue weighted by Crippen LogP contribution is -2.26. The second-order valence-corrected chi connectivity index (χ2v) is 5.98. The van der Waals surface area contributed by atoms with Gasteiger partial charge in [0.15, 0.2) is 5.34 Å². The first kappa shape index (κ1) is 13.9. The molecule has 0 heterocycles. The topological polar surface area (TPSA) is 18.5 Å². The largest absolute Gasteiger partial charge is 0.480 e. The molecule has 0 aliphatic carbocycles. The average Bonchev–Trinajstić information content (AvgIpc) is 2.47. The SMILES string of the molecule is CCC(C)(Oc1ccccc1)POc1ccccc1. The van der Waals surface area contributed by atoms with Gasteiger partial charge in [-0.15, -0.1) is 0 Å². The zero-order valence-corrected chi connectivity index (χ0v) is 12.3. The van der Waals surface area contributed by atoms with Gasteiger partial charge >= 0.3 is 0 Å². The Bertz CT molecular complexity index is 487. The van der Waals surface area contributed by atoms with E-state index < -0.39 is 0 Å². The van der Waals surface area contributed by atoms with Crippen LogP contribution >= 0.6 is 8.81 Å². The van der Waals surface area contributed by atoms with Gasteiger partial charge in [0.1, 0.15) is 20.3 Å². The maximum atomic E-state index is 6.06. The summed E-state index contributed by atoms with van der Waals surface area (Å²) in [6.45, 7) is 4.20. The molecule has 2 unspecified atom stereocenters. The summed E-state index contributed by atoms with van der Waals surface area (Å²) in [5.74, 6) is 1.77. The van der Waals surface area contributed by atoms with Crippen molar-refractivity contribution in [1.82, 2.24) is 0 Å². The lowest BCUT2D eigenvalue weighted by molar-refractivity contribution is 0.170. The van der Waals surface area contributed by atoms with Gasteiger partial charge in [0.25, 0.3) is 0 Å². The van der Waals surface area contributed by atoms with Gasteiger partial charge in [-0.25, -0.2) is 0 Å². The van der Waals surface area contributed by atoms with Crippen molar-refractivity contribution in [3.63, 3.8) is 0 Å². The molecule has 2 rings (SSSR count). The van der Waals surface area contributed by atoms with Crippen molar-refractivity contribution in [1.29, 1.82) is 0 Å². The van der Waals surface area contributed by atoms with Crippen molar-refractivity contribution in [2.45, 2.75) is 25.6 Å². The Hall–Kier alpha value is -1.53. The van der Waals surface area contributed by atoms with Crippen LogP contribution in [0, 0.1) is 0 Å². The summed E-state index contributed by atoms with van der Waals surface area (Å²) >= 11 is 0. The van der Waals surface area contributed by atoms with Gasteiger partial charge in [-0.1, -0.05) is 43.3 Å². The molecular weight excluding hydrogens is 255 g/mol. The molecular formula is C16H19O2P. The van der Waals surface area contributed by atoms with Gasteiger partial charge in [-0.05, 0) is 37.6 Å². The predicted molar refractivity (Wildman–Crippen MR) is 81.2 cm³/mol. The van der Waals surface area contributed by atoms with Crippen LogP contribution in [0.25, 0.3) is 0 Å². The lowest BCUT2D eigenvalue weighted by atomic mass is 10.3. The molecule has 0 radical (unpaired) electrons. The molecule has 0 amide bonds. The standard InChI is InChI=1S/C16H19O2P/c1-3-16(2,17-14-10-6-4-7-11-14)19-18-15-12-8-5-9-13-15/h4-13,19H,3H2,1-2H3. The van der Waals surface area contributed by atoms with Crippen LogP contribution in [0.15, 0.2) is 60.7 Å². The Labute approximate surface area is 116 Å². The van der Waals surface area contributed by atoms with E-state index >= 15 is 0 Å². The van der Waals surface area contributed by atoms with Gasteiger partial charge in [-0.3, -0.25) is 0 Å². The second kappa shape index (κ2) is 6.58. The van der Waals surface area contributed by atoms with E-state index in [1.807, 2.05) is 60.7 Å². The Morgan fingerprint density at radius 2 is 1.42 bits per heavy atom. The molecule has 0 aliphatic heterocycles. The summed E-state index contributed by atoms with van der Waals surface area (Å²) in [7, 11) is 0.257. The highest BCUT2D eigenvalue weighted by molar-refractivity contribution is 7.34. The molecule has 2 nitrogen and oxygen atoms in total. The van der Waals surface area contributed by atoms with E-state index in [1.54, 1.807) is 0 Å². The Kier molecular flexibility index (Phi) is 4.81. The molecule has 0 aliphatic rings. The van der Waals surface area contributed by atoms with Crippen LogP contribution in [0.4, 0.5) is 0 Å². The first-order chi connectivity index (χ1) is 9.22. The van der Waals surface area contributed by atoms with Crippen LogP contribution in [0.5, 0.6) is 11.5 Å². The minimum atomic E-state index is -0.294. The van der Waals surface area contributed by atoms with Gasteiger partial charge < -0.3 is 9.26 Å². The normalized spacial score (nSPS) is 14.2. The predicted octanol–water partition coefficient (Wildman–Crippen LogP) is 4.86. The second-order valence-electron chi connectivity index (χ2n) is 4.52. The van der Waals surface area contributed by atoms with Gasteiger partial charge in [-0.2, -0.15) is 0 Å². The molecule has 2 atom stereocenters. The van der Waals surface area contributed by atoms with E-state index in [0.717, 1.165) is 17.9 Å². The number of rotatable bonds is 6. The minimum Gasteiger partial charge on any atom is -0.480 e. The van der Waals surface area contributed by atoms with Crippen molar-refractivity contribution in [2.75, 3.05) is 0 Å². The third-order valence-electron chi connectivity index (χ3n) is 2.89. The zero-order valence-electron chi connectivity index (χ0n) is 11.3. The monoisotopic (exact) mass is 274 g/mol. The highest BCUT2D eigenvalue weighted by Gasteiger charge is 2.26. The smallest absolute Gasteiger partial charge is 0.157 e. The summed E-state index contributed by atoms with van der Waals surface area (Å²) in [5, 5.41) is -0.294. The maximum absolute atomic E-state index is 6.06. The fraction of sp³-hybridized carbons (Fsp3) is 0.250.